The molecule has 0 aliphatic carbocycles. The van der Waals surface area contributed by atoms with Crippen LogP contribution < -0.4 is 0 Å². The summed E-state index contributed by atoms with van der Waals surface area (Å²) in [6, 6.07) is 5.92. The van der Waals surface area contributed by atoms with Gasteiger partial charge in [0.2, 0.25) is 5.01 Å². The minimum atomic E-state index is -0.339. The first-order valence-electron chi connectivity index (χ1n) is 4.44. The minimum absolute atomic E-state index is 0.339. The Bertz CT molecular complexity index is 509. The molecule has 0 amide bonds. The third-order valence-corrected chi connectivity index (χ3v) is 3.49. The molecule has 0 aliphatic heterocycles. The molecule has 2 aromatic rings. The Morgan fingerprint density at radius 1 is 1.60 bits per heavy atom. The molecule has 0 aliphatic rings. The molecule has 0 N–H and O–H groups in total. The smallest absolute Gasteiger partial charge is 0.367 e. The van der Waals surface area contributed by atoms with Crippen LogP contribution in [0.1, 0.15) is 16.7 Å². The molecule has 1 aromatic heterocycles. The number of hydrogen-bond donors (Lipinski definition) is 0. The summed E-state index contributed by atoms with van der Waals surface area (Å²) in [4.78, 5) is 15.7. The Kier molecular flexibility index (Phi) is 3.20. The van der Waals surface area contributed by atoms with Crippen LogP contribution in [0.4, 0.5) is 0 Å². The fourth-order valence-electron chi connectivity index (χ4n) is 1.18. The average Bonchev–Trinajstić information content (AvgIpc) is 2.60. The molecule has 1 aromatic carbocycles. The monoisotopic (exact) mass is 333 g/mol. The molecule has 0 spiro atoms. The summed E-state index contributed by atoms with van der Waals surface area (Å²) < 4.78 is 7.02. The number of nitrogens with zero attached hydrogens (tertiary/aromatic N) is 1. The number of esters is 1. The first-order valence-corrected chi connectivity index (χ1v) is 6.33. The van der Waals surface area contributed by atoms with Crippen LogP contribution in [-0.4, -0.2) is 17.6 Å². The molecular weight excluding hydrogens is 325 g/mol. The summed E-state index contributed by atoms with van der Waals surface area (Å²) in [5, 5.41) is 0.425. The van der Waals surface area contributed by atoms with Gasteiger partial charge in [-0.2, -0.15) is 0 Å². The van der Waals surface area contributed by atoms with E-state index in [2.05, 4.69) is 27.6 Å². The lowest BCUT2D eigenvalue weighted by atomic mass is 10.3. The lowest BCUT2D eigenvalue weighted by Gasteiger charge is -1.94. The van der Waals surface area contributed by atoms with Crippen LogP contribution in [0.5, 0.6) is 0 Å². The average molecular weight is 333 g/mol. The van der Waals surface area contributed by atoms with E-state index < -0.39 is 0 Å². The van der Waals surface area contributed by atoms with Crippen molar-refractivity contribution in [2.45, 2.75) is 6.92 Å². The van der Waals surface area contributed by atoms with Crippen LogP contribution in [0.3, 0.4) is 0 Å². The molecule has 1 heterocycles. The van der Waals surface area contributed by atoms with Crippen molar-refractivity contribution < 1.29 is 9.53 Å². The maximum absolute atomic E-state index is 11.4. The van der Waals surface area contributed by atoms with Crippen molar-refractivity contribution in [2.75, 3.05) is 6.61 Å². The highest BCUT2D eigenvalue weighted by Crippen LogP contribution is 2.24. The van der Waals surface area contributed by atoms with Gasteiger partial charge in [-0.1, -0.05) is 0 Å². The van der Waals surface area contributed by atoms with Crippen molar-refractivity contribution in [1.82, 2.24) is 4.98 Å². The summed E-state index contributed by atoms with van der Waals surface area (Å²) in [5.74, 6) is -0.339. The number of hydrogen-bond acceptors (Lipinski definition) is 4. The van der Waals surface area contributed by atoms with Crippen LogP contribution >= 0.6 is 33.9 Å². The maximum atomic E-state index is 11.4. The number of benzene rings is 1. The second kappa shape index (κ2) is 4.44. The van der Waals surface area contributed by atoms with Crippen molar-refractivity contribution in [3.8, 4) is 0 Å². The Morgan fingerprint density at radius 3 is 3.13 bits per heavy atom. The van der Waals surface area contributed by atoms with Crippen LogP contribution in [0.2, 0.25) is 0 Å². The highest BCUT2D eigenvalue weighted by atomic mass is 127. The summed E-state index contributed by atoms with van der Waals surface area (Å²) in [7, 11) is 0. The van der Waals surface area contributed by atoms with E-state index in [-0.39, 0.29) is 5.97 Å². The molecule has 0 atom stereocenters. The molecule has 0 fully saturated rings. The predicted molar refractivity (Wildman–Crippen MR) is 68.3 cm³/mol. The van der Waals surface area contributed by atoms with Crippen molar-refractivity contribution in [2.24, 2.45) is 0 Å². The fraction of sp³-hybridized carbons (Fsp3) is 0.200. The number of fused-ring (bicyclic) bond motifs is 1. The second-order valence-corrected chi connectivity index (χ2v) is 5.13. The van der Waals surface area contributed by atoms with Crippen molar-refractivity contribution in [3.63, 3.8) is 0 Å². The molecule has 0 radical (unpaired) electrons. The molecule has 3 nitrogen and oxygen atoms in total. The standard InChI is InChI=1S/C10H8INO2S/c1-2-14-10(13)9-12-7-5-6(11)3-4-8(7)15-9/h3-5H,2H2,1H3. The summed E-state index contributed by atoms with van der Waals surface area (Å²) in [6.45, 7) is 2.17. The van der Waals surface area contributed by atoms with Gasteiger partial charge in [0.05, 0.1) is 16.8 Å². The third kappa shape index (κ3) is 2.28. The molecule has 0 saturated carbocycles. The highest BCUT2D eigenvalue weighted by Gasteiger charge is 2.12. The number of thiazole rings is 1. The van der Waals surface area contributed by atoms with E-state index in [0.717, 1.165) is 13.8 Å². The summed E-state index contributed by atoms with van der Waals surface area (Å²) in [5.41, 5.74) is 0.856. The lowest BCUT2D eigenvalue weighted by Crippen LogP contribution is -2.03. The van der Waals surface area contributed by atoms with E-state index >= 15 is 0 Å². The van der Waals surface area contributed by atoms with Gasteiger partial charge in [0.25, 0.3) is 0 Å². The Balaban J connectivity index is 2.42. The van der Waals surface area contributed by atoms with Crippen molar-refractivity contribution in [1.29, 1.82) is 0 Å². The van der Waals surface area contributed by atoms with Crippen LogP contribution in [0.15, 0.2) is 18.2 Å². The van der Waals surface area contributed by atoms with E-state index in [1.165, 1.54) is 11.3 Å². The first kappa shape index (κ1) is 10.8. The molecule has 2 rings (SSSR count). The minimum Gasteiger partial charge on any atom is -0.461 e. The maximum Gasteiger partial charge on any atom is 0.367 e. The van der Waals surface area contributed by atoms with Crippen molar-refractivity contribution >= 4 is 50.1 Å². The van der Waals surface area contributed by atoms with Gasteiger partial charge in [-0.15, -0.1) is 11.3 Å². The highest BCUT2D eigenvalue weighted by molar-refractivity contribution is 14.1. The molecular formula is C10H8INO2S. The van der Waals surface area contributed by atoms with Gasteiger partial charge in [0, 0.05) is 3.57 Å². The van der Waals surface area contributed by atoms with Gasteiger partial charge in [-0.3, -0.25) is 0 Å². The molecule has 0 bridgehead atoms. The lowest BCUT2D eigenvalue weighted by molar-refractivity contribution is 0.0526. The number of rotatable bonds is 2. The number of ether oxygens (including phenoxy) is 1. The van der Waals surface area contributed by atoms with Crippen LogP contribution in [-0.2, 0) is 4.74 Å². The topological polar surface area (TPSA) is 39.2 Å². The quantitative estimate of drug-likeness (QED) is 0.626. The number of carbonyl (C=O) groups is 1. The molecule has 5 heteroatoms. The SMILES string of the molecule is CCOC(=O)c1nc2cc(I)ccc2s1. The zero-order chi connectivity index (χ0) is 10.8. The van der Waals surface area contributed by atoms with Gasteiger partial charge in [-0.05, 0) is 47.7 Å². The van der Waals surface area contributed by atoms with Gasteiger partial charge < -0.3 is 4.74 Å². The number of carbonyl (C=O) groups excluding carboxylic acids is 1. The fourth-order valence-corrected chi connectivity index (χ4v) is 2.50. The van der Waals surface area contributed by atoms with Gasteiger partial charge in [-0.25, -0.2) is 9.78 Å². The second-order valence-electron chi connectivity index (χ2n) is 2.85. The van der Waals surface area contributed by atoms with Crippen LogP contribution in [0.25, 0.3) is 10.2 Å². The largest absolute Gasteiger partial charge is 0.461 e. The Hall–Kier alpha value is -0.690. The van der Waals surface area contributed by atoms with Crippen LogP contribution in [0, 0.1) is 3.57 Å². The predicted octanol–water partition coefficient (Wildman–Crippen LogP) is 3.08. The molecule has 78 valence electrons. The zero-order valence-corrected chi connectivity index (χ0v) is 11.0. The zero-order valence-electron chi connectivity index (χ0n) is 7.99. The first-order chi connectivity index (χ1) is 7.20. The van der Waals surface area contributed by atoms with Gasteiger partial charge >= 0.3 is 5.97 Å². The number of aromatic nitrogens is 1. The van der Waals surface area contributed by atoms with E-state index in [1.807, 2.05) is 18.2 Å². The van der Waals surface area contributed by atoms with E-state index in [4.69, 9.17) is 4.74 Å². The van der Waals surface area contributed by atoms with E-state index in [9.17, 15) is 4.79 Å². The normalized spacial score (nSPS) is 10.5. The van der Waals surface area contributed by atoms with Gasteiger partial charge in [0.15, 0.2) is 0 Å². The Morgan fingerprint density at radius 2 is 2.40 bits per heavy atom. The molecule has 0 unspecified atom stereocenters. The third-order valence-electron chi connectivity index (χ3n) is 1.80. The summed E-state index contributed by atoms with van der Waals surface area (Å²) >= 11 is 3.58. The van der Waals surface area contributed by atoms with Crippen molar-refractivity contribution in [3.05, 3.63) is 26.8 Å². The molecule has 15 heavy (non-hydrogen) atoms. The summed E-state index contributed by atoms with van der Waals surface area (Å²) in [6.07, 6.45) is 0. The van der Waals surface area contributed by atoms with E-state index in [1.54, 1.807) is 6.92 Å². The Labute approximate surface area is 105 Å². The molecule has 0 saturated heterocycles. The van der Waals surface area contributed by atoms with E-state index in [0.29, 0.717) is 11.6 Å². The number of halogens is 1. The van der Waals surface area contributed by atoms with Gasteiger partial charge in [0.1, 0.15) is 0 Å².